The number of benzene rings is 2. The van der Waals surface area contributed by atoms with Gasteiger partial charge in [0.1, 0.15) is 23.2 Å². The Labute approximate surface area is 233 Å². The van der Waals surface area contributed by atoms with Gasteiger partial charge in [-0.05, 0) is 48.4 Å². The molecule has 3 aromatic rings. The van der Waals surface area contributed by atoms with Crippen molar-refractivity contribution in [3.63, 3.8) is 0 Å². The Hall–Kier alpha value is -4.03. The summed E-state index contributed by atoms with van der Waals surface area (Å²) >= 11 is 0. The quantitative estimate of drug-likeness (QED) is 0.393. The number of Topliss-reactive ketones (excluding diaryl/α,β-unsaturated/α-hetero) is 1. The van der Waals surface area contributed by atoms with E-state index in [1.54, 1.807) is 6.07 Å². The molecular formula is C31H34FN5O3. The summed E-state index contributed by atoms with van der Waals surface area (Å²) in [5, 5.41) is 24.8. The summed E-state index contributed by atoms with van der Waals surface area (Å²) in [4.78, 5) is 26.5. The number of aromatic hydroxyl groups is 1. The van der Waals surface area contributed by atoms with Crippen molar-refractivity contribution in [3.05, 3.63) is 71.0 Å². The molecule has 0 bridgehead atoms. The summed E-state index contributed by atoms with van der Waals surface area (Å²) in [6.45, 7) is 3.05. The molecule has 1 aromatic heterocycles. The van der Waals surface area contributed by atoms with Crippen LogP contribution in [0.1, 0.15) is 59.8 Å². The Kier molecular flexibility index (Phi) is 7.72. The van der Waals surface area contributed by atoms with Crippen LogP contribution in [0.5, 0.6) is 5.75 Å². The van der Waals surface area contributed by atoms with Crippen LogP contribution in [-0.4, -0.2) is 50.7 Å². The highest BCUT2D eigenvalue weighted by Crippen LogP contribution is 2.38. The van der Waals surface area contributed by atoms with Crippen LogP contribution in [0.4, 0.5) is 4.39 Å². The van der Waals surface area contributed by atoms with Gasteiger partial charge in [-0.25, -0.2) is 4.39 Å². The number of ketones is 1. The van der Waals surface area contributed by atoms with Crippen LogP contribution in [0, 0.1) is 17.2 Å². The molecule has 1 aliphatic carbocycles. The normalized spacial score (nSPS) is 21.2. The van der Waals surface area contributed by atoms with E-state index in [-0.39, 0.29) is 54.5 Å². The summed E-state index contributed by atoms with van der Waals surface area (Å²) in [6, 6.07) is 15.7. The predicted octanol–water partition coefficient (Wildman–Crippen LogP) is 4.29. The molecule has 2 fully saturated rings. The maximum atomic E-state index is 16.0. The third-order valence-electron chi connectivity index (χ3n) is 8.28. The molecule has 2 unspecified atom stereocenters. The molecular weight excluding hydrogens is 509 g/mol. The van der Waals surface area contributed by atoms with Gasteiger partial charge in [0.15, 0.2) is 0 Å². The van der Waals surface area contributed by atoms with Crippen LogP contribution in [0.3, 0.4) is 0 Å². The molecule has 2 atom stereocenters. The minimum atomic E-state index is -1.46. The lowest BCUT2D eigenvalue weighted by atomic mass is 9.83. The molecule has 1 aliphatic heterocycles. The van der Waals surface area contributed by atoms with Gasteiger partial charge in [0.2, 0.25) is 0 Å². The van der Waals surface area contributed by atoms with E-state index in [9.17, 15) is 20.0 Å². The average Bonchev–Trinajstić information content (AvgIpc) is 3.70. The number of primary amides is 1. The van der Waals surface area contributed by atoms with Gasteiger partial charge < -0.3 is 10.8 Å². The Bertz CT molecular complexity index is 1460. The van der Waals surface area contributed by atoms with Crippen molar-refractivity contribution in [2.45, 2.75) is 63.7 Å². The molecule has 3 N–H and O–H groups in total. The fourth-order valence-corrected chi connectivity index (χ4v) is 5.60. The first-order valence-electron chi connectivity index (χ1n) is 13.8. The number of phenols is 1. The lowest BCUT2D eigenvalue weighted by Gasteiger charge is -2.43. The number of halogens is 1. The Morgan fingerprint density at radius 3 is 2.52 bits per heavy atom. The first-order chi connectivity index (χ1) is 19.2. The van der Waals surface area contributed by atoms with Crippen molar-refractivity contribution < 1.29 is 19.1 Å². The first kappa shape index (κ1) is 27.5. The van der Waals surface area contributed by atoms with E-state index in [1.165, 1.54) is 16.4 Å². The molecule has 40 heavy (non-hydrogen) atoms. The first-order valence-corrected chi connectivity index (χ1v) is 13.8. The number of alkyl halides is 1. The summed E-state index contributed by atoms with van der Waals surface area (Å²) in [6.07, 6.45) is 2.68. The number of nitriles is 1. The number of nitrogens with two attached hydrogens (primary N) is 1. The lowest BCUT2D eigenvalue weighted by Crippen LogP contribution is -2.54. The summed E-state index contributed by atoms with van der Waals surface area (Å²) in [5.74, 6) is -0.570. The number of rotatable bonds is 10. The van der Waals surface area contributed by atoms with E-state index >= 15 is 4.39 Å². The molecule has 2 heterocycles. The van der Waals surface area contributed by atoms with Gasteiger partial charge in [-0.2, -0.15) is 10.4 Å². The molecule has 0 spiro atoms. The van der Waals surface area contributed by atoms with Crippen molar-refractivity contribution in [3.8, 4) is 22.9 Å². The smallest absolute Gasteiger partial charge is 0.252 e. The molecule has 1 saturated carbocycles. The minimum absolute atomic E-state index is 0.000876. The topological polar surface area (TPSA) is 125 Å². The molecule has 1 saturated heterocycles. The summed E-state index contributed by atoms with van der Waals surface area (Å²) in [5.41, 5.74) is 8.38. The number of piperidine rings is 1. The van der Waals surface area contributed by atoms with Crippen LogP contribution in [0.25, 0.3) is 11.1 Å². The largest absolute Gasteiger partial charge is 0.507 e. The zero-order valence-corrected chi connectivity index (χ0v) is 22.6. The number of phenolic OH excluding ortho intramolecular Hbond substituents is 1. The molecule has 208 valence electrons. The number of aromatic nitrogens is 2. The average molecular weight is 544 g/mol. The number of hydrogen-bond donors (Lipinski definition) is 2. The summed E-state index contributed by atoms with van der Waals surface area (Å²) in [7, 11) is 0. The number of amides is 1. The minimum Gasteiger partial charge on any atom is -0.507 e. The number of likely N-dealkylation sites (tertiary alicyclic amines) is 1. The van der Waals surface area contributed by atoms with E-state index in [2.05, 4.69) is 18.1 Å². The second-order valence-electron chi connectivity index (χ2n) is 11.0. The standard InChI is InChI=1S/C31H34FN5O3/c1-2-20-3-6-22(7-4-20)24-10-5-21(15-28(24)39)17-36-14-12-31(11-13-33,29(32)19-36)37-18-25(30(34)40)26(35-37)16-27(38)23-8-9-23/h3-7,10,15,18,23,29,39H,2,8-9,11-12,14,16-17,19H2,1H3,(H2,34,40). The number of nitrogens with zero attached hydrogens (tertiary/aromatic N) is 4. The number of hydrogen-bond acceptors (Lipinski definition) is 6. The second kappa shape index (κ2) is 11.2. The zero-order chi connectivity index (χ0) is 28.4. The van der Waals surface area contributed by atoms with Gasteiger partial charge in [0.05, 0.1) is 30.2 Å². The molecule has 8 nitrogen and oxygen atoms in total. The molecule has 9 heteroatoms. The van der Waals surface area contributed by atoms with Crippen LogP contribution in [0.2, 0.25) is 0 Å². The second-order valence-corrected chi connectivity index (χ2v) is 11.0. The Morgan fingerprint density at radius 1 is 1.20 bits per heavy atom. The SMILES string of the molecule is CCc1ccc(-c2ccc(CN3CCC(CC#N)(n4cc(C(N)=O)c(CC(=O)C5CC5)n4)C(F)C3)cc2O)cc1. The van der Waals surface area contributed by atoms with Gasteiger partial charge in [0, 0.05) is 37.3 Å². The summed E-state index contributed by atoms with van der Waals surface area (Å²) < 4.78 is 17.4. The fraction of sp³-hybridized carbons (Fsp3) is 0.419. The Balaban J connectivity index is 1.32. The van der Waals surface area contributed by atoms with Crippen molar-refractivity contribution in [1.29, 1.82) is 5.26 Å². The highest BCUT2D eigenvalue weighted by atomic mass is 19.1. The number of carbonyl (C=O) groups is 2. The zero-order valence-electron chi connectivity index (χ0n) is 22.6. The van der Waals surface area contributed by atoms with Crippen molar-refractivity contribution >= 4 is 11.7 Å². The van der Waals surface area contributed by atoms with Gasteiger partial charge in [-0.3, -0.25) is 19.2 Å². The molecule has 2 aromatic carbocycles. The predicted molar refractivity (Wildman–Crippen MR) is 148 cm³/mol. The van der Waals surface area contributed by atoms with Crippen molar-refractivity contribution in [1.82, 2.24) is 14.7 Å². The number of carbonyl (C=O) groups excluding carboxylic acids is 2. The van der Waals surface area contributed by atoms with E-state index in [1.807, 2.05) is 41.3 Å². The third-order valence-corrected chi connectivity index (χ3v) is 8.28. The van der Waals surface area contributed by atoms with Gasteiger partial charge >= 0.3 is 0 Å². The van der Waals surface area contributed by atoms with Crippen molar-refractivity contribution in [2.24, 2.45) is 11.7 Å². The van der Waals surface area contributed by atoms with Crippen LogP contribution in [-0.2, 0) is 29.7 Å². The van der Waals surface area contributed by atoms with Gasteiger partial charge in [-0.1, -0.05) is 43.3 Å². The lowest BCUT2D eigenvalue weighted by molar-refractivity contribution is -0.119. The van der Waals surface area contributed by atoms with Crippen LogP contribution >= 0.6 is 0 Å². The number of aryl methyl sites for hydroxylation is 1. The highest BCUT2D eigenvalue weighted by molar-refractivity contribution is 5.95. The maximum Gasteiger partial charge on any atom is 0.252 e. The molecule has 5 rings (SSSR count). The molecule has 0 radical (unpaired) electrons. The highest BCUT2D eigenvalue weighted by Gasteiger charge is 2.47. The van der Waals surface area contributed by atoms with Crippen LogP contribution < -0.4 is 5.73 Å². The Morgan fingerprint density at radius 2 is 1.93 bits per heavy atom. The van der Waals surface area contributed by atoms with E-state index in [0.717, 1.165) is 36.0 Å². The maximum absolute atomic E-state index is 16.0. The van der Waals surface area contributed by atoms with E-state index in [0.29, 0.717) is 13.1 Å². The molecule has 1 amide bonds. The van der Waals surface area contributed by atoms with Gasteiger partial charge in [0.25, 0.3) is 5.91 Å². The van der Waals surface area contributed by atoms with Crippen LogP contribution in [0.15, 0.2) is 48.7 Å². The van der Waals surface area contributed by atoms with Crippen molar-refractivity contribution in [2.75, 3.05) is 13.1 Å². The van der Waals surface area contributed by atoms with E-state index < -0.39 is 17.6 Å². The van der Waals surface area contributed by atoms with E-state index in [4.69, 9.17) is 5.73 Å². The third kappa shape index (κ3) is 5.50. The molecule has 2 aliphatic rings. The monoisotopic (exact) mass is 543 g/mol. The fourth-order valence-electron chi connectivity index (χ4n) is 5.60. The van der Waals surface area contributed by atoms with Gasteiger partial charge in [-0.15, -0.1) is 0 Å².